The first-order valence-electron chi connectivity index (χ1n) is 8.33. The summed E-state index contributed by atoms with van der Waals surface area (Å²) in [7, 11) is 0. The van der Waals surface area contributed by atoms with Crippen molar-refractivity contribution < 1.29 is 9.18 Å². The molecule has 0 spiro atoms. The molecule has 0 aliphatic carbocycles. The molecule has 1 amide bonds. The third-order valence-corrected chi connectivity index (χ3v) is 4.58. The van der Waals surface area contributed by atoms with Gasteiger partial charge in [-0.15, -0.1) is 0 Å². The Bertz CT molecular complexity index is 916. The maximum Gasteiger partial charge on any atom is 0.231 e. The lowest BCUT2D eigenvalue weighted by atomic mass is 9.99. The minimum Gasteiger partial charge on any atom is -0.300 e. The lowest BCUT2D eigenvalue weighted by molar-refractivity contribution is -0.127. The van der Waals surface area contributed by atoms with Crippen molar-refractivity contribution >= 4 is 29.1 Å². The van der Waals surface area contributed by atoms with Crippen LogP contribution in [0, 0.1) is 22.7 Å². The highest BCUT2D eigenvalue weighted by molar-refractivity contribution is 6.29. The number of pyridine rings is 2. The van der Waals surface area contributed by atoms with Crippen molar-refractivity contribution in [2.75, 3.05) is 6.54 Å². The van der Waals surface area contributed by atoms with Crippen LogP contribution in [0.15, 0.2) is 48.8 Å². The van der Waals surface area contributed by atoms with E-state index in [1.807, 2.05) is 0 Å². The molecule has 1 aliphatic heterocycles. The molecule has 8 heteroatoms. The Hall–Kier alpha value is -2.93. The van der Waals surface area contributed by atoms with Gasteiger partial charge in [-0.3, -0.25) is 20.1 Å². The van der Waals surface area contributed by atoms with E-state index in [1.165, 1.54) is 29.2 Å². The number of amides is 1. The number of nitrogens with zero attached hydrogens (tertiary/aromatic N) is 3. The maximum absolute atomic E-state index is 13.9. The standard InChI is InChI=1S/C19H17ClFN5O/c20-16-3-1-13(18(21)25-16)11-14-7-10-26(19(14)27)17(23)4-2-15(22)12-5-8-24-9-6-12/h1-6,8-9,14,22-23H,7,10-11H2/b4-2-,22-15?,23-17?. The van der Waals surface area contributed by atoms with Gasteiger partial charge in [0.2, 0.25) is 11.9 Å². The molecule has 0 bridgehead atoms. The Morgan fingerprint density at radius 1 is 1.26 bits per heavy atom. The van der Waals surface area contributed by atoms with Crippen LogP contribution in [-0.2, 0) is 11.2 Å². The summed E-state index contributed by atoms with van der Waals surface area (Å²) in [4.78, 5) is 21.4. The molecule has 1 unspecified atom stereocenters. The number of aromatic nitrogens is 2. The first kappa shape index (κ1) is 18.8. The number of halogens is 2. The van der Waals surface area contributed by atoms with Crippen LogP contribution < -0.4 is 0 Å². The van der Waals surface area contributed by atoms with E-state index >= 15 is 0 Å². The lowest BCUT2D eigenvalue weighted by Gasteiger charge is -2.15. The van der Waals surface area contributed by atoms with Crippen LogP contribution in [0.3, 0.4) is 0 Å². The van der Waals surface area contributed by atoms with E-state index in [1.54, 1.807) is 24.5 Å². The Labute approximate surface area is 160 Å². The van der Waals surface area contributed by atoms with Crippen LogP contribution in [0.2, 0.25) is 5.15 Å². The predicted octanol–water partition coefficient (Wildman–Crippen LogP) is 3.26. The molecule has 1 saturated heterocycles. The van der Waals surface area contributed by atoms with Gasteiger partial charge in [0.1, 0.15) is 11.0 Å². The van der Waals surface area contributed by atoms with Gasteiger partial charge >= 0.3 is 0 Å². The smallest absolute Gasteiger partial charge is 0.231 e. The van der Waals surface area contributed by atoms with Crippen molar-refractivity contribution in [3.63, 3.8) is 0 Å². The number of allylic oxidation sites excluding steroid dienone is 1. The average Bonchev–Trinajstić information content (AvgIpc) is 3.03. The predicted molar refractivity (Wildman–Crippen MR) is 101 cm³/mol. The van der Waals surface area contributed by atoms with E-state index in [-0.39, 0.29) is 29.0 Å². The van der Waals surface area contributed by atoms with E-state index in [0.29, 0.717) is 24.1 Å². The van der Waals surface area contributed by atoms with Crippen molar-refractivity contribution in [1.29, 1.82) is 10.8 Å². The molecule has 1 fully saturated rings. The Morgan fingerprint density at radius 2 is 2.00 bits per heavy atom. The molecule has 3 heterocycles. The van der Waals surface area contributed by atoms with E-state index in [0.717, 1.165) is 0 Å². The second-order valence-electron chi connectivity index (χ2n) is 6.13. The monoisotopic (exact) mass is 385 g/mol. The molecule has 1 atom stereocenters. The molecule has 138 valence electrons. The molecule has 0 saturated carbocycles. The fourth-order valence-electron chi connectivity index (χ4n) is 2.91. The lowest BCUT2D eigenvalue weighted by Crippen LogP contribution is -2.32. The van der Waals surface area contributed by atoms with Crippen molar-refractivity contribution in [3.8, 4) is 0 Å². The van der Waals surface area contributed by atoms with E-state index in [2.05, 4.69) is 9.97 Å². The average molecular weight is 386 g/mol. The Balaban J connectivity index is 1.63. The maximum atomic E-state index is 13.9. The second kappa shape index (κ2) is 8.18. The topological polar surface area (TPSA) is 93.8 Å². The summed E-state index contributed by atoms with van der Waals surface area (Å²) in [6.07, 6.45) is 6.81. The van der Waals surface area contributed by atoms with Gasteiger partial charge in [0.15, 0.2) is 0 Å². The van der Waals surface area contributed by atoms with Gasteiger partial charge in [0.25, 0.3) is 0 Å². The number of rotatable bonds is 5. The number of likely N-dealkylation sites (tertiary alicyclic amines) is 1. The number of carbonyl (C=O) groups is 1. The first-order valence-corrected chi connectivity index (χ1v) is 8.71. The summed E-state index contributed by atoms with van der Waals surface area (Å²) in [6.45, 7) is 0.387. The molecule has 27 heavy (non-hydrogen) atoms. The van der Waals surface area contributed by atoms with Gasteiger partial charge in [-0.25, -0.2) is 4.98 Å². The van der Waals surface area contributed by atoms with Crippen LogP contribution in [-0.4, -0.2) is 38.9 Å². The van der Waals surface area contributed by atoms with Gasteiger partial charge in [0.05, 0.1) is 5.71 Å². The van der Waals surface area contributed by atoms with E-state index in [4.69, 9.17) is 22.4 Å². The van der Waals surface area contributed by atoms with Crippen LogP contribution in [0.1, 0.15) is 17.5 Å². The molecule has 2 aromatic rings. The highest BCUT2D eigenvalue weighted by Gasteiger charge is 2.33. The molecule has 0 radical (unpaired) electrons. The molecule has 1 aliphatic rings. The summed E-state index contributed by atoms with van der Waals surface area (Å²) in [5, 5.41) is 16.2. The zero-order valence-electron chi connectivity index (χ0n) is 14.3. The van der Waals surface area contributed by atoms with Gasteiger partial charge in [-0.1, -0.05) is 17.7 Å². The molecule has 6 nitrogen and oxygen atoms in total. The van der Waals surface area contributed by atoms with Crippen molar-refractivity contribution in [1.82, 2.24) is 14.9 Å². The quantitative estimate of drug-likeness (QED) is 0.470. The van der Waals surface area contributed by atoms with Crippen LogP contribution in [0.4, 0.5) is 4.39 Å². The third kappa shape index (κ3) is 4.43. The second-order valence-corrected chi connectivity index (χ2v) is 6.52. The summed E-state index contributed by atoms with van der Waals surface area (Å²) in [6, 6.07) is 6.42. The zero-order valence-corrected chi connectivity index (χ0v) is 15.1. The normalized spacial score (nSPS) is 16.9. The third-order valence-electron chi connectivity index (χ3n) is 4.36. The molecule has 0 aromatic carbocycles. The number of nitrogens with one attached hydrogen (secondary N) is 2. The first-order chi connectivity index (χ1) is 13.0. The van der Waals surface area contributed by atoms with E-state index in [9.17, 15) is 9.18 Å². The van der Waals surface area contributed by atoms with Gasteiger partial charge < -0.3 is 5.41 Å². The summed E-state index contributed by atoms with van der Waals surface area (Å²) in [5.41, 5.74) is 1.23. The van der Waals surface area contributed by atoms with Crippen molar-refractivity contribution in [2.45, 2.75) is 12.8 Å². The minimum atomic E-state index is -0.672. The number of hydrogen-bond donors (Lipinski definition) is 2. The SMILES string of the molecule is N=C(/C=C\C(=N)N1CCC(Cc2ccc(Cl)nc2F)C1=O)c1ccncc1. The summed E-state index contributed by atoms with van der Waals surface area (Å²) >= 11 is 5.65. The molecular formula is C19H17ClFN5O. The van der Waals surface area contributed by atoms with Gasteiger partial charge in [-0.2, -0.15) is 4.39 Å². The van der Waals surface area contributed by atoms with E-state index < -0.39 is 11.9 Å². The Morgan fingerprint density at radius 3 is 2.70 bits per heavy atom. The van der Waals surface area contributed by atoms with Crippen molar-refractivity contribution in [2.24, 2.45) is 5.92 Å². The summed E-state index contributed by atoms with van der Waals surface area (Å²) < 4.78 is 13.9. The fourth-order valence-corrected chi connectivity index (χ4v) is 3.04. The molecular weight excluding hydrogens is 369 g/mol. The van der Waals surface area contributed by atoms with Gasteiger partial charge in [0, 0.05) is 36.0 Å². The fraction of sp³-hybridized carbons (Fsp3) is 0.211. The molecule has 2 N–H and O–H groups in total. The van der Waals surface area contributed by atoms with Crippen LogP contribution >= 0.6 is 11.6 Å². The number of carbonyl (C=O) groups excluding carboxylic acids is 1. The highest BCUT2D eigenvalue weighted by atomic mass is 35.5. The Kier molecular flexibility index (Phi) is 5.71. The highest BCUT2D eigenvalue weighted by Crippen LogP contribution is 2.24. The molecule has 2 aromatic heterocycles. The number of amidine groups is 1. The van der Waals surface area contributed by atoms with Gasteiger partial charge in [-0.05, 0) is 43.2 Å². The minimum absolute atomic E-state index is 0.0102. The van der Waals surface area contributed by atoms with Crippen LogP contribution in [0.25, 0.3) is 0 Å². The largest absolute Gasteiger partial charge is 0.300 e. The summed E-state index contributed by atoms with van der Waals surface area (Å²) in [5.74, 6) is -1.30. The zero-order chi connectivity index (χ0) is 19.4. The molecule has 3 rings (SSSR count). The van der Waals surface area contributed by atoms with Crippen LogP contribution in [0.5, 0.6) is 0 Å². The van der Waals surface area contributed by atoms with Crippen molar-refractivity contribution in [3.05, 3.63) is 71.0 Å². The number of hydrogen-bond acceptors (Lipinski definition) is 5.